The third-order valence-corrected chi connectivity index (χ3v) is 3.81. The van der Waals surface area contributed by atoms with Gasteiger partial charge in [0, 0.05) is 26.2 Å². The third-order valence-electron chi connectivity index (χ3n) is 2.89. The molecule has 1 aromatic heterocycles. The fraction of sp³-hybridized carbons (Fsp3) is 0.636. The average Bonchev–Trinajstić information content (AvgIpc) is 2.69. The van der Waals surface area contributed by atoms with E-state index in [4.69, 9.17) is 5.11 Å². The van der Waals surface area contributed by atoms with E-state index in [9.17, 15) is 4.79 Å². The Morgan fingerprint density at radius 2 is 2.11 bits per heavy atom. The molecule has 1 saturated heterocycles. The van der Waals surface area contributed by atoms with Gasteiger partial charge in [0.15, 0.2) is 5.16 Å². The van der Waals surface area contributed by atoms with Crippen LogP contribution in [-0.2, 0) is 4.79 Å². The second kappa shape index (κ2) is 5.62. The molecule has 1 N–H and O–H groups in total. The summed E-state index contributed by atoms with van der Waals surface area (Å²) in [5.41, 5.74) is 0.918. The number of nitrogens with zero attached hydrogens (tertiary/aromatic N) is 4. The van der Waals surface area contributed by atoms with Crippen molar-refractivity contribution in [3.05, 3.63) is 11.9 Å². The summed E-state index contributed by atoms with van der Waals surface area (Å²) in [6, 6.07) is 0. The molecule has 2 heterocycles. The fourth-order valence-electron chi connectivity index (χ4n) is 1.90. The van der Waals surface area contributed by atoms with Crippen molar-refractivity contribution in [2.75, 3.05) is 44.0 Å². The minimum atomic E-state index is -0.814. The van der Waals surface area contributed by atoms with E-state index in [1.165, 1.54) is 11.8 Å². The standard InChI is InChI=1S/C11H18N4O2S/c1-9-7-15(11(12-9)18-8-10(16)17)14-5-3-13(2)4-6-14/h7H,3-6,8H2,1-2H3,(H,16,17). The van der Waals surface area contributed by atoms with Gasteiger partial charge in [0.05, 0.1) is 17.6 Å². The van der Waals surface area contributed by atoms with Crippen LogP contribution in [-0.4, -0.2) is 64.6 Å². The zero-order valence-corrected chi connectivity index (χ0v) is 11.5. The Morgan fingerprint density at radius 3 is 2.72 bits per heavy atom. The van der Waals surface area contributed by atoms with Crippen molar-refractivity contribution in [1.82, 2.24) is 14.6 Å². The minimum Gasteiger partial charge on any atom is -0.481 e. The van der Waals surface area contributed by atoms with E-state index >= 15 is 0 Å². The summed E-state index contributed by atoms with van der Waals surface area (Å²) >= 11 is 1.27. The Bertz CT molecular complexity index is 427. The molecule has 0 bridgehead atoms. The van der Waals surface area contributed by atoms with Gasteiger partial charge in [0.25, 0.3) is 0 Å². The number of carboxylic acid groups (broad SMARTS) is 1. The van der Waals surface area contributed by atoms with Crippen LogP contribution in [0.25, 0.3) is 0 Å². The smallest absolute Gasteiger partial charge is 0.313 e. The number of aromatic nitrogens is 2. The summed E-state index contributed by atoms with van der Waals surface area (Å²) in [5.74, 6) is -0.768. The molecule has 0 radical (unpaired) electrons. The van der Waals surface area contributed by atoms with Gasteiger partial charge in [-0.1, -0.05) is 11.8 Å². The van der Waals surface area contributed by atoms with Crippen molar-refractivity contribution >= 4 is 17.7 Å². The molecule has 1 aliphatic heterocycles. The second-order valence-electron chi connectivity index (χ2n) is 4.45. The molecule has 0 amide bonds. The summed E-state index contributed by atoms with van der Waals surface area (Å²) in [5, 5.41) is 11.7. The summed E-state index contributed by atoms with van der Waals surface area (Å²) < 4.78 is 2.00. The van der Waals surface area contributed by atoms with E-state index in [2.05, 4.69) is 21.9 Å². The number of rotatable bonds is 4. The predicted octanol–water partition coefficient (Wildman–Crippen LogP) is 0.252. The van der Waals surface area contributed by atoms with Gasteiger partial charge < -0.3 is 15.0 Å². The van der Waals surface area contributed by atoms with Gasteiger partial charge in [0.2, 0.25) is 0 Å². The monoisotopic (exact) mass is 270 g/mol. The Kier molecular flexibility index (Phi) is 4.13. The number of aryl methyl sites for hydroxylation is 1. The molecule has 6 nitrogen and oxygen atoms in total. The molecule has 0 aromatic carbocycles. The first kappa shape index (κ1) is 13.2. The molecule has 18 heavy (non-hydrogen) atoms. The van der Waals surface area contributed by atoms with E-state index in [-0.39, 0.29) is 5.75 Å². The Morgan fingerprint density at radius 1 is 1.44 bits per heavy atom. The van der Waals surface area contributed by atoms with Crippen molar-refractivity contribution in [2.45, 2.75) is 12.1 Å². The lowest BCUT2D eigenvalue weighted by Crippen LogP contribution is -2.49. The van der Waals surface area contributed by atoms with Crippen LogP contribution in [0, 0.1) is 6.92 Å². The van der Waals surface area contributed by atoms with Crippen molar-refractivity contribution in [3.63, 3.8) is 0 Å². The highest BCUT2D eigenvalue weighted by atomic mass is 32.2. The second-order valence-corrected chi connectivity index (χ2v) is 5.39. The highest BCUT2D eigenvalue weighted by Crippen LogP contribution is 2.18. The molecule has 0 aliphatic carbocycles. The van der Waals surface area contributed by atoms with E-state index < -0.39 is 5.97 Å². The maximum atomic E-state index is 10.6. The lowest BCUT2D eigenvalue weighted by atomic mass is 10.4. The molecule has 0 unspecified atom stereocenters. The summed E-state index contributed by atoms with van der Waals surface area (Å²) in [6.07, 6.45) is 1.97. The maximum Gasteiger partial charge on any atom is 0.313 e. The number of imidazole rings is 1. The first-order valence-corrected chi connectivity index (χ1v) is 6.89. The van der Waals surface area contributed by atoms with Gasteiger partial charge in [0.1, 0.15) is 0 Å². The Balaban J connectivity index is 2.09. The molecule has 0 saturated carbocycles. The van der Waals surface area contributed by atoms with Crippen LogP contribution in [0.15, 0.2) is 11.4 Å². The molecule has 1 aromatic rings. The fourth-order valence-corrected chi connectivity index (χ4v) is 2.66. The minimum absolute atomic E-state index is 0.0458. The average molecular weight is 270 g/mol. The summed E-state index contributed by atoms with van der Waals surface area (Å²) in [4.78, 5) is 17.3. The predicted molar refractivity (Wildman–Crippen MR) is 70.8 cm³/mol. The van der Waals surface area contributed by atoms with Gasteiger partial charge in [-0.3, -0.25) is 4.79 Å². The van der Waals surface area contributed by atoms with Crippen molar-refractivity contribution < 1.29 is 9.90 Å². The van der Waals surface area contributed by atoms with Gasteiger partial charge >= 0.3 is 5.97 Å². The maximum absolute atomic E-state index is 10.6. The number of aliphatic carboxylic acids is 1. The van der Waals surface area contributed by atoms with E-state index in [0.29, 0.717) is 0 Å². The first-order valence-electron chi connectivity index (χ1n) is 5.90. The number of piperazine rings is 1. The number of carboxylic acids is 1. The number of thioether (sulfide) groups is 1. The largest absolute Gasteiger partial charge is 0.481 e. The van der Waals surface area contributed by atoms with E-state index in [1.807, 2.05) is 17.8 Å². The molecule has 100 valence electrons. The number of likely N-dealkylation sites (N-methyl/N-ethyl adjacent to an activating group) is 1. The van der Waals surface area contributed by atoms with Gasteiger partial charge in [-0.25, -0.2) is 9.66 Å². The van der Waals surface area contributed by atoms with E-state index in [1.54, 1.807) is 0 Å². The highest BCUT2D eigenvalue weighted by molar-refractivity contribution is 7.99. The molecule has 2 rings (SSSR count). The lowest BCUT2D eigenvalue weighted by Gasteiger charge is -2.34. The highest BCUT2D eigenvalue weighted by Gasteiger charge is 2.18. The Hall–Kier alpha value is -1.21. The topological polar surface area (TPSA) is 61.6 Å². The number of carbonyl (C=O) groups is 1. The molecule has 1 fully saturated rings. The van der Waals surface area contributed by atoms with Gasteiger partial charge in [-0.15, -0.1) is 0 Å². The SMILES string of the molecule is Cc1cn(N2CCN(C)CC2)c(SCC(=O)O)n1. The molecule has 0 atom stereocenters. The van der Waals surface area contributed by atoms with Crippen LogP contribution < -0.4 is 5.01 Å². The van der Waals surface area contributed by atoms with Crippen molar-refractivity contribution in [3.8, 4) is 0 Å². The zero-order chi connectivity index (χ0) is 13.1. The lowest BCUT2D eigenvalue weighted by molar-refractivity contribution is -0.133. The van der Waals surface area contributed by atoms with Gasteiger partial charge in [-0.2, -0.15) is 0 Å². The normalized spacial score (nSPS) is 17.1. The Labute approximate surface area is 111 Å². The van der Waals surface area contributed by atoms with Crippen molar-refractivity contribution in [1.29, 1.82) is 0 Å². The van der Waals surface area contributed by atoms with Crippen LogP contribution in [0.4, 0.5) is 0 Å². The molecule has 7 heteroatoms. The molecular formula is C11H18N4O2S. The quantitative estimate of drug-likeness (QED) is 0.792. The molecule has 0 spiro atoms. The summed E-state index contributed by atoms with van der Waals surface area (Å²) in [7, 11) is 2.11. The van der Waals surface area contributed by atoms with Crippen LogP contribution in [0.5, 0.6) is 0 Å². The molecule has 1 aliphatic rings. The van der Waals surface area contributed by atoms with Crippen molar-refractivity contribution in [2.24, 2.45) is 0 Å². The summed E-state index contributed by atoms with van der Waals surface area (Å²) in [6.45, 7) is 5.83. The number of hydrogen-bond acceptors (Lipinski definition) is 5. The number of hydrogen-bond donors (Lipinski definition) is 1. The molecular weight excluding hydrogens is 252 g/mol. The van der Waals surface area contributed by atoms with E-state index in [0.717, 1.165) is 37.0 Å². The van der Waals surface area contributed by atoms with Crippen LogP contribution in [0.2, 0.25) is 0 Å². The first-order chi connectivity index (χ1) is 8.56. The van der Waals surface area contributed by atoms with Crippen LogP contribution in [0.1, 0.15) is 5.69 Å². The third kappa shape index (κ3) is 3.17. The zero-order valence-electron chi connectivity index (χ0n) is 10.7. The van der Waals surface area contributed by atoms with Gasteiger partial charge in [-0.05, 0) is 14.0 Å². The van der Waals surface area contributed by atoms with Crippen LogP contribution in [0.3, 0.4) is 0 Å². The van der Waals surface area contributed by atoms with Crippen LogP contribution >= 0.6 is 11.8 Å².